The number of furan rings is 1. The largest absolute Gasteiger partial charge is 0.465 e. The molecule has 2 aliphatic rings. The van der Waals surface area contributed by atoms with Crippen LogP contribution in [0.15, 0.2) is 41.1 Å². The summed E-state index contributed by atoms with van der Waals surface area (Å²) in [6.45, 7) is 6.37. The van der Waals surface area contributed by atoms with Crippen molar-refractivity contribution in [3.05, 3.63) is 53.7 Å². The lowest BCUT2D eigenvalue weighted by molar-refractivity contribution is 0.202. The molecule has 0 radical (unpaired) electrons. The van der Waals surface area contributed by atoms with Crippen LogP contribution in [-0.4, -0.2) is 40.0 Å². The molecule has 2 aromatic rings. The Hall–Kier alpha value is -1.65. The number of aromatic nitrogens is 1. The van der Waals surface area contributed by atoms with Gasteiger partial charge in [-0.05, 0) is 43.5 Å². The number of likely N-dealkylation sites (tertiary alicyclic amines) is 2. The van der Waals surface area contributed by atoms with E-state index >= 15 is 0 Å². The van der Waals surface area contributed by atoms with E-state index in [9.17, 15) is 0 Å². The third kappa shape index (κ3) is 2.69. The standard InChI is InChI=1S/C18H23N3O/c1-14-4-5-16(22-14)13-21-10-7-17-18(21)6-9-20(17)12-15-3-2-8-19-11-15/h2-5,8,11,17-18H,6-7,9-10,12-13H2,1H3/t17-,18+/m0/s1. The Morgan fingerprint density at radius 2 is 1.86 bits per heavy atom. The average Bonchev–Trinajstić information content (AvgIpc) is 3.21. The second-order valence-corrected chi connectivity index (χ2v) is 6.53. The van der Waals surface area contributed by atoms with Crippen LogP contribution < -0.4 is 0 Å². The van der Waals surface area contributed by atoms with Crippen molar-refractivity contribution < 1.29 is 4.42 Å². The van der Waals surface area contributed by atoms with Crippen molar-refractivity contribution in [3.63, 3.8) is 0 Å². The first-order chi connectivity index (χ1) is 10.8. The molecule has 2 aromatic heterocycles. The van der Waals surface area contributed by atoms with Crippen LogP contribution in [0.5, 0.6) is 0 Å². The zero-order valence-corrected chi connectivity index (χ0v) is 13.1. The first-order valence-electron chi connectivity index (χ1n) is 8.22. The lowest BCUT2D eigenvalue weighted by Crippen LogP contribution is -2.35. The highest BCUT2D eigenvalue weighted by Crippen LogP contribution is 2.33. The van der Waals surface area contributed by atoms with Crippen molar-refractivity contribution in [2.24, 2.45) is 0 Å². The third-order valence-corrected chi connectivity index (χ3v) is 5.07. The Morgan fingerprint density at radius 3 is 2.50 bits per heavy atom. The molecule has 4 heterocycles. The lowest BCUT2D eigenvalue weighted by atomic mass is 10.1. The first-order valence-corrected chi connectivity index (χ1v) is 8.22. The maximum atomic E-state index is 5.75. The number of aryl methyl sites for hydroxylation is 1. The Kier molecular flexibility index (Phi) is 3.72. The van der Waals surface area contributed by atoms with E-state index in [1.54, 1.807) is 0 Å². The van der Waals surface area contributed by atoms with E-state index in [1.807, 2.05) is 25.4 Å². The summed E-state index contributed by atoms with van der Waals surface area (Å²) in [7, 11) is 0. The molecule has 0 aromatic carbocycles. The SMILES string of the molecule is Cc1ccc(CN2CC[C@H]3[C@H]2CCN3Cc2cccnc2)o1. The van der Waals surface area contributed by atoms with E-state index in [0.29, 0.717) is 12.1 Å². The Bertz CT molecular complexity index is 624. The van der Waals surface area contributed by atoms with Gasteiger partial charge in [0.1, 0.15) is 11.5 Å². The van der Waals surface area contributed by atoms with Gasteiger partial charge in [0.25, 0.3) is 0 Å². The fourth-order valence-corrected chi connectivity index (χ4v) is 4.05. The van der Waals surface area contributed by atoms with Crippen molar-refractivity contribution in [2.45, 2.75) is 44.9 Å². The van der Waals surface area contributed by atoms with Crippen LogP contribution in [0.4, 0.5) is 0 Å². The molecule has 0 bridgehead atoms. The minimum Gasteiger partial charge on any atom is -0.465 e. The zero-order chi connectivity index (χ0) is 14.9. The van der Waals surface area contributed by atoms with Gasteiger partial charge in [-0.15, -0.1) is 0 Å². The molecular weight excluding hydrogens is 274 g/mol. The molecule has 0 aliphatic carbocycles. The second-order valence-electron chi connectivity index (χ2n) is 6.53. The number of pyridine rings is 1. The summed E-state index contributed by atoms with van der Waals surface area (Å²) >= 11 is 0. The van der Waals surface area contributed by atoms with E-state index in [1.165, 1.54) is 31.5 Å². The van der Waals surface area contributed by atoms with Crippen molar-refractivity contribution in [1.82, 2.24) is 14.8 Å². The molecule has 0 amide bonds. The van der Waals surface area contributed by atoms with Gasteiger partial charge in [-0.1, -0.05) is 6.07 Å². The van der Waals surface area contributed by atoms with Crippen LogP contribution in [0.25, 0.3) is 0 Å². The number of fused-ring (bicyclic) bond motifs is 1. The van der Waals surface area contributed by atoms with Gasteiger partial charge >= 0.3 is 0 Å². The molecule has 0 N–H and O–H groups in total. The summed E-state index contributed by atoms with van der Waals surface area (Å²) in [5.41, 5.74) is 1.32. The van der Waals surface area contributed by atoms with Gasteiger partial charge in [0, 0.05) is 44.1 Å². The minimum atomic E-state index is 0.682. The lowest BCUT2D eigenvalue weighted by Gasteiger charge is -2.25. The van der Waals surface area contributed by atoms with Crippen molar-refractivity contribution in [2.75, 3.05) is 13.1 Å². The van der Waals surface area contributed by atoms with Crippen LogP contribution in [0.3, 0.4) is 0 Å². The monoisotopic (exact) mass is 297 g/mol. The smallest absolute Gasteiger partial charge is 0.118 e. The minimum absolute atomic E-state index is 0.682. The number of nitrogens with zero attached hydrogens (tertiary/aromatic N) is 3. The number of hydrogen-bond acceptors (Lipinski definition) is 4. The predicted octanol–water partition coefficient (Wildman–Crippen LogP) is 2.83. The Balaban J connectivity index is 1.41. The van der Waals surface area contributed by atoms with Gasteiger partial charge in [0.15, 0.2) is 0 Å². The zero-order valence-electron chi connectivity index (χ0n) is 13.1. The first kappa shape index (κ1) is 14.0. The van der Waals surface area contributed by atoms with Gasteiger partial charge in [0.05, 0.1) is 6.54 Å². The molecule has 0 spiro atoms. The van der Waals surface area contributed by atoms with Crippen molar-refractivity contribution in [1.29, 1.82) is 0 Å². The van der Waals surface area contributed by atoms with E-state index in [-0.39, 0.29) is 0 Å². The van der Waals surface area contributed by atoms with Crippen LogP contribution in [-0.2, 0) is 13.1 Å². The van der Waals surface area contributed by atoms with E-state index in [4.69, 9.17) is 4.42 Å². The Labute approximate surface area is 131 Å². The third-order valence-electron chi connectivity index (χ3n) is 5.07. The molecule has 4 rings (SSSR count). The van der Waals surface area contributed by atoms with E-state index in [0.717, 1.165) is 24.6 Å². The second kappa shape index (κ2) is 5.86. The molecule has 2 saturated heterocycles. The molecule has 22 heavy (non-hydrogen) atoms. The maximum Gasteiger partial charge on any atom is 0.118 e. The highest BCUT2D eigenvalue weighted by atomic mass is 16.3. The van der Waals surface area contributed by atoms with Crippen LogP contribution in [0.2, 0.25) is 0 Å². The molecule has 2 aliphatic heterocycles. The molecule has 0 unspecified atom stereocenters. The Morgan fingerprint density at radius 1 is 1.09 bits per heavy atom. The predicted molar refractivity (Wildman–Crippen MR) is 85.3 cm³/mol. The number of hydrogen-bond donors (Lipinski definition) is 0. The summed E-state index contributed by atoms with van der Waals surface area (Å²) in [5.74, 6) is 2.11. The van der Waals surface area contributed by atoms with E-state index < -0.39 is 0 Å². The summed E-state index contributed by atoms with van der Waals surface area (Å²) in [4.78, 5) is 9.47. The highest BCUT2D eigenvalue weighted by molar-refractivity contribution is 5.11. The van der Waals surface area contributed by atoms with Gasteiger partial charge in [-0.25, -0.2) is 0 Å². The van der Waals surface area contributed by atoms with Crippen LogP contribution >= 0.6 is 0 Å². The molecule has 2 atom stereocenters. The quantitative estimate of drug-likeness (QED) is 0.869. The van der Waals surface area contributed by atoms with Crippen molar-refractivity contribution >= 4 is 0 Å². The number of rotatable bonds is 4. The maximum absolute atomic E-state index is 5.75. The summed E-state index contributed by atoms with van der Waals surface area (Å²) < 4.78 is 5.75. The molecule has 116 valence electrons. The van der Waals surface area contributed by atoms with E-state index in [2.05, 4.69) is 33.0 Å². The van der Waals surface area contributed by atoms with Gasteiger partial charge < -0.3 is 4.42 Å². The summed E-state index contributed by atoms with van der Waals surface area (Å²) in [6, 6.07) is 9.76. The topological polar surface area (TPSA) is 32.5 Å². The highest BCUT2D eigenvalue weighted by Gasteiger charge is 2.42. The normalized spacial score (nSPS) is 25.7. The van der Waals surface area contributed by atoms with Gasteiger partial charge in [-0.3, -0.25) is 14.8 Å². The molecule has 2 fully saturated rings. The molecule has 4 heteroatoms. The average molecular weight is 297 g/mol. The fourth-order valence-electron chi connectivity index (χ4n) is 4.05. The van der Waals surface area contributed by atoms with Crippen LogP contribution in [0, 0.1) is 6.92 Å². The van der Waals surface area contributed by atoms with Crippen molar-refractivity contribution in [3.8, 4) is 0 Å². The molecular formula is C18H23N3O. The van der Waals surface area contributed by atoms with Gasteiger partial charge in [-0.2, -0.15) is 0 Å². The molecule has 0 saturated carbocycles. The molecule has 4 nitrogen and oxygen atoms in total. The van der Waals surface area contributed by atoms with Crippen LogP contribution in [0.1, 0.15) is 29.9 Å². The summed E-state index contributed by atoms with van der Waals surface area (Å²) in [5, 5.41) is 0. The summed E-state index contributed by atoms with van der Waals surface area (Å²) in [6.07, 6.45) is 6.37. The fraction of sp³-hybridized carbons (Fsp3) is 0.500. The van der Waals surface area contributed by atoms with Gasteiger partial charge in [0.2, 0.25) is 0 Å².